The van der Waals surface area contributed by atoms with E-state index in [4.69, 9.17) is 0 Å². The highest BCUT2D eigenvalue weighted by atomic mass is 16.2. The van der Waals surface area contributed by atoms with Gasteiger partial charge in [0, 0.05) is 5.56 Å². The highest BCUT2D eigenvalue weighted by Gasteiger charge is 2.24. The fraction of sp³-hybridized carbons (Fsp3) is 0.238. The minimum atomic E-state index is -0.302. The molecule has 4 rings (SSSR count). The number of nitrogens with zero attached hydrogens (tertiary/aromatic N) is 3. The molecule has 1 saturated heterocycles. The summed E-state index contributed by atoms with van der Waals surface area (Å²) in [5.74, 6) is -0.0840. The number of hydrogen-bond acceptors (Lipinski definition) is 5. The maximum Gasteiger partial charge on any atom is 0.258 e. The molecule has 3 aromatic rings. The van der Waals surface area contributed by atoms with Crippen LogP contribution in [0, 0.1) is 6.92 Å². The van der Waals surface area contributed by atoms with Crippen molar-refractivity contribution in [2.45, 2.75) is 25.8 Å². The third kappa shape index (κ3) is 4.17. The van der Waals surface area contributed by atoms with Crippen molar-refractivity contribution >= 4 is 23.7 Å². The van der Waals surface area contributed by atoms with E-state index in [1.807, 2.05) is 49.4 Å². The molecule has 148 valence electrons. The van der Waals surface area contributed by atoms with Gasteiger partial charge in [0.25, 0.3) is 11.9 Å². The number of benzene rings is 2. The number of carbonyl (C=O) groups is 2. The van der Waals surface area contributed by atoms with Gasteiger partial charge in [0.1, 0.15) is 0 Å². The molecule has 0 aliphatic carbocycles. The number of para-hydroxylation sites is 1. The van der Waals surface area contributed by atoms with Gasteiger partial charge < -0.3 is 5.32 Å². The van der Waals surface area contributed by atoms with Crippen LogP contribution in [0.4, 0.5) is 11.9 Å². The van der Waals surface area contributed by atoms with Crippen molar-refractivity contribution in [3.8, 4) is 5.69 Å². The summed E-state index contributed by atoms with van der Waals surface area (Å²) < 4.78 is 1.51. The summed E-state index contributed by atoms with van der Waals surface area (Å²) in [6.07, 6.45) is 1.74. The van der Waals surface area contributed by atoms with Crippen LogP contribution < -0.4 is 16.0 Å². The smallest absolute Gasteiger partial charge is 0.258 e. The third-order valence-corrected chi connectivity index (χ3v) is 4.83. The van der Waals surface area contributed by atoms with Crippen molar-refractivity contribution in [2.75, 3.05) is 17.2 Å². The number of anilines is 2. The largest absolute Gasteiger partial charge is 0.306 e. The summed E-state index contributed by atoms with van der Waals surface area (Å²) in [5.41, 5.74) is 2.13. The highest BCUT2D eigenvalue weighted by Crippen LogP contribution is 2.18. The summed E-state index contributed by atoms with van der Waals surface area (Å²) in [7, 11) is 0. The molecule has 0 saturated carbocycles. The summed E-state index contributed by atoms with van der Waals surface area (Å²) in [5, 5.41) is 13.1. The number of carbonyl (C=O) groups excluding carboxylic acids is 2. The molecule has 1 aromatic heterocycles. The molecule has 1 aliphatic rings. The average molecular weight is 390 g/mol. The summed E-state index contributed by atoms with van der Waals surface area (Å²) in [4.78, 5) is 29.5. The second-order valence-electron chi connectivity index (χ2n) is 6.91. The molecule has 2 aromatic carbocycles. The van der Waals surface area contributed by atoms with Gasteiger partial charge >= 0.3 is 0 Å². The number of amides is 2. The lowest BCUT2D eigenvalue weighted by molar-refractivity contribution is -0.117. The molecule has 29 heavy (non-hydrogen) atoms. The molecule has 8 nitrogen and oxygen atoms in total. The first-order chi connectivity index (χ1) is 14.1. The van der Waals surface area contributed by atoms with Crippen LogP contribution in [0.5, 0.6) is 0 Å². The molecule has 0 bridgehead atoms. The molecule has 1 atom stereocenters. The van der Waals surface area contributed by atoms with Crippen LogP contribution >= 0.6 is 0 Å². The SMILES string of the molecule is Cc1ccccc1C(=O)Nc1nc(NC(=O)C2CCCN2)n(-c2ccccc2)n1. The van der Waals surface area contributed by atoms with Crippen molar-refractivity contribution in [1.29, 1.82) is 0 Å². The third-order valence-electron chi connectivity index (χ3n) is 4.83. The Balaban J connectivity index is 1.61. The van der Waals surface area contributed by atoms with Crippen molar-refractivity contribution < 1.29 is 9.59 Å². The van der Waals surface area contributed by atoms with E-state index in [0.717, 1.165) is 30.6 Å². The first-order valence-corrected chi connectivity index (χ1v) is 9.55. The van der Waals surface area contributed by atoms with Gasteiger partial charge in [-0.25, -0.2) is 0 Å². The lowest BCUT2D eigenvalue weighted by atomic mass is 10.1. The Hall–Kier alpha value is -3.52. The summed E-state index contributed by atoms with van der Waals surface area (Å²) >= 11 is 0. The fourth-order valence-electron chi connectivity index (χ4n) is 3.30. The van der Waals surface area contributed by atoms with E-state index in [9.17, 15) is 9.59 Å². The number of aryl methyl sites for hydroxylation is 1. The molecule has 1 aliphatic heterocycles. The first kappa shape index (κ1) is 18.8. The van der Waals surface area contributed by atoms with Crippen molar-refractivity contribution in [3.63, 3.8) is 0 Å². The monoisotopic (exact) mass is 390 g/mol. The maximum atomic E-state index is 12.6. The normalized spacial score (nSPS) is 15.8. The van der Waals surface area contributed by atoms with E-state index in [0.29, 0.717) is 5.56 Å². The zero-order chi connectivity index (χ0) is 20.2. The molecular formula is C21H22N6O2. The second-order valence-corrected chi connectivity index (χ2v) is 6.91. The Kier molecular flexibility index (Phi) is 5.35. The van der Waals surface area contributed by atoms with E-state index < -0.39 is 0 Å². The number of hydrogen-bond donors (Lipinski definition) is 3. The van der Waals surface area contributed by atoms with Gasteiger partial charge in [0.2, 0.25) is 11.9 Å². The van der Waals surface area contributed by atoms with Crippen molar-refractivity contribution in [3.05, 3.63) is 65.7 Å². The van der Waals surface area contributed by atoms with E-state index >= 15 is 0 Å². The summed E-state index contributed by atoms with van der Waals surface area (Å²) in [6, 6.07) is 16.4. The first-order valence-electron chi connectivity index (χ1n) is 9.55. The van der Waals surface area contributed by atoms with Gasteiger partial charge in [0.05, 0.1) is 11.7 Å². The van der Waals surface area contributed by atoms with Crippen LogP contribution in [-0.2, 0) is 4.79 Å². The molecule has 2 amide bonds. The molecule has 0 spiro atoms. The van der Waals surface area contributed by atoms with Crippen molar-refractivity contribution in [1.82, 2.24) is 20.1 Å². The quantitative estimate of drug-likeness (QED) is 0.621. The van der Waals surface area contributed by atoms with Gasteiger partial charge in [0.15, 0.2) is 0 Å². The van der Waals surface area contributed by atoms with Crippen LogP contribution in [-0.4, -0.2) is 39.2 Å². The Morgan fingerprint density at radius 1 is 1.07 bits per heavy atom. The molecular weight excluding hydrogens is 368 g/mol. The Morgan fingerprint density at radius 3 is 2.55 bits per heavy atom. The van der Waals surface area contributed by atoms with Crippen LogP contribution in [0.15, 0.2) is 54.6 Å². The Labute approximate surface area is 168 Å². The van der Waals surface area contributed by atoms with Crippen LogP contribution in [0.1, 0.15) is 28.8 Å². The molecule has 8 heteroatoms. The summed E-state index contributed by atoms with van der Waals surface area (Å²) in [6.45, 7) is 2.69. The predicted molar refractivity (Wildman–Crippen MR) is 110 cm³/mol. The van der Waals surface area contributed by atoms with Crippen molar-refractivity contribution in [2.24, 2.45) is 0 Å². The zero-order valence-corrected chi connectivity index (χ0v) is 16.1. The minimum Gasteiger partial charge on any atom is -0.306 e. The standard InChI is InChI=1S/C21H22N6O2/c1-14-8-5-6-11-16(14)18(28)23-20-25-21(24-19(29)17-12-7-13-22-17)27(26-20)15-9-3-2-4-10-15/h2-6,8-11,17,22H,7,12-13H2,1H3,(H2,23,24,25,26,28,29). The second kappa shape index (κ2) is 8.24. The Bertz CT molecular complexity index is 1020. The van der Waals surface area contributed by atoms with Crippen LogP contribution in [0.3, 0.4) is 0 Å². The van der Waals surface area contributed by atoms with Gasteiger partial charge in [-0.3, -0.25) is 20.2 Å². The fourth-order valence-corrected chi connectivity index (χ4v) is 3.30. The topological polar surface area (TPSA) is 101 Å². The van der Waals surface area contributed by atoms with Gasteiger partial charge in [-0.15, -0.1) is 5.10 Å². The van der Waals surface area contributed by atoms with Crippen LogP contribution in [0.25, 0.3) is 5.69 Å². The molecule has 1 fully saturated rings. The number of nitrogens with one attached hydrogen (secondary N) is 3. The Morgan fingerprint density at radius 2 is 1.83 bits per heavy atom. The van der Waals surface area contributed by atoms with Gasteiger partial charge in [-0.1, -0.05) is 36.4 Å². The van der Waals surface area contributed by atoms with Crippen LogP contribution in [0.2, 0.25) is 0 Å². The lowest BCUT2D eigenvalue weighted by Crippen LogP contribution is -2.36. The van der Waals surface area contributed by atoms with E-state index in [1.165, 1.54) is 4.68 Å². The van der Waals surface area contributed by atoms with E-state index in [-0.39, 0.29) is 29.8 Å². The van der Waals surface area contributed by atoms with Gasteiger partial charge in [-0.2, -0.15) is 9.67 Å². The average Bonchev–Trinajstić information content (AvgIpc) is 3.39. The molecule has 3 N–H and O–H groups in total. The minimum absolute atomic E-state index is 0.122. The zero-order valence-electron chi connectivity index (χ0n) is 16.1. The van der Waals surface area contributed by atoms with E-state index in [2.05, 4.69) is 26.0 Å². The number of rotatable bonds is 5. The molecule has 2 heterocycles. The van der Waals surface area contributed by atoms with E-state index in [1.54, 1.807) is 12.1 Å². The number of aromatic nitrogens is 3. The molecule has 1 unspecified atom stereocenters. The highest BCUT2D eigenvalue weighted by molar-refractivity contribution is 6.04. The van der Waals surface area contributed by atoms with Gasteiger partial charge in [-0.05, 0) is 50.1 Å². The predicted octanol–water partition coefficient (Wildman–Crippen LogP) is 2.52. The lowest BCUT2D eigenvalue weighted by Gasteiger charge is -2.11. The maximum absolute atomic E-state index is 12.6. The molecule has 0 radical (unpaired) electrons.